The molecular weight excluding hydrogens is 276 g/mol. The minimum absolute atomic E-state index is 0.0148. The average molecular weight is 290 g/mol. The first-order valence-electron chi connectivity index (χ1n) is 6.33. The molecule has 1 atom stereocenters. The van der Waals surface area contributed by atoms with Crippen molar-refractivity contribution >= 4 is 22.4 Å². The third kappa shape index (κ3) is 3.05. The van der Waals surface area contributed by atoms with E-state index in [2.05, 4.69) is 15.3 Å². The topological polar surface area (TPSA) is 67.4 Å². The van der Waals surface area contributed by atoms with E-state index >= 15 is 0 Å². The number of urea groups is 1. The molecule has 0 spiro atoms. The van der Waals surface area contributed by atoms with Gasteiger partial charge in [-0.15, -0.1) is 11.3 Å². The number of aromatic nitrogens is 2. The smallest absolute Gasteiger partial charge is 0.322 e. The normalized spacial score (nSPS) is 18.0. The zero-order valence-electron chi connectivity index (χ0n) is 10.7. The van der Waals surface area contributed by atoms with Crippen LogP contribution in [-0.4, -0.2) is 40.1 Å². The van der Waals surface area contributed by atoms with Gasteiger partial charge in [-0.3, -0.25) is 5.32 Å². The van der Waals surface area contributed by atoms with Gasteiger partial charge in [0.15, 0.2) is 0 Å². The van der Waals surface area contributed by atoms with Gasteiger partial charge in [0.05, 0.1) is 11.5 Å². The fraction of sp³-hybridized carbons (Fsp3) is 0.308. The summed E-state index contributed by atoms with van der Waals surface area (Å²) < 4.78 is 5.72. The predicted octanol–water partition coefficient (Wildman–Crippen LogP) is 2.22. The standard InChI is InChI=1S/C13H14N4O2S/c18-13(16-12-2-1-7-20-12)17-6-4-10(8-17)19-11-3-5-14-9-15-11/h1-3,5,7,9-10H,4,6,8H2,(H,16,18)/t10-/m1/s1. The molecule has 0 aromatic carbocycles. The fourth-order valence-electron chi connectivity index (χ4n) is 2.06. The number of hydrogen-bond donors (Lipinski definition) is 1. The summed E-state index contributed by atoms with van der Waals surface area (Å²) in [4.78, 5) is 21.7. The highest BCUT2D eigenvalue weighted by Gasteiger charge is 2.28. The Kier molecular flexibility index (Phi) is 3.78. The first-order valence-corrected chi connectivity index (χ1v) is 7.21. The molecular formula is C13H14N4O2S. The summed E-state index contributed by atoms with van der Waals surface area (Å²) in [6.45, 7) is 1.26. The molecule has 7 heteroatoms. The van der Waals surface area contributed by atoms with Gasteiger partial charge in [-0.25, -0.2) is 14.8 Å². The lowest BCUT2D eigenvalue weighted by Gasteiger charge is -2.17. The van der Waals surface area contributed by atoms with Crippen LogP contribution >= 0.6 is 11.3 Å². The third-order valence-electron chi connectivity index (χ3n) is 3.03. The maximum Gasteiger partial charge on any atom is 0.322 e. The number of thiophene rings is 1. The molecule has 0 aliphatic carbocycles. The molecule has 0 saturated carbocycles. The number of amides is 2. The Bertz CT molecular complexity index is 561. The summed E-state index contributed by atoms with van der Waals surface area (Å²) in [5, 5.41) is 5.66. The molecule has 1 aliphatic heterocycles. The molecule has 104 valence electrons. The van der Waals surface area contributed by atoms with Crippen LogP contribution in [0.2, 0.25) is 0 Å². The lowest BCUT2D eigenvalue weighted by molar-refractivity contribution is 0.189. The van der Waals surface area contributed by atoms with Gasteiger partial charge >= 0.3 is 6.03 Å². The number of carbonyl (C=O) groups is 1. The number of hydrogen-bond acceptors (Lipinski definition) is 5. The van der Waals surface area contributed by atoms with Crippen LogP contribution in [0.1, 0.15) is 6.42 Å². The molecule has 0 unspecified atom stereocenters. The summed E-state index contributed by atoms with van der Waals surface area (Å²) in [7, 11) is 0. The quantitative estimate of drug-likeness (QED) is 0.941. The molecule has 1 fully saturated rings. The zero-order chi connectivity index (χ0) is 13.8. The minimum Gasteiger partial charge on any atom is -0.472 e. The Labute approximate surface area is 120 Å². The number of likely N-dealkylation sites (tertiary alicyclic amines) is 1. The summed E-state index contributed by atoms with van der Waals surface area (Å²) in [6, 6.07) is 5.42. The van der Waals surface area contributed by atoms with Crippen LogP contribution in [-0.2, 0) is 0 Å². The lowest BCUT2D eigenvalue weighted by Crippen LogP contribution is -2.34. The monoisotopic (exact) mass is 290 g/mol. The second-order valence-corrected chi connectivity index (χ2v) is 5.38. The van der Waals surface area contributed by atoms with Crippen molar-refractivity contribution in [1.29, 1.82) is 0 Å². The van der Waals surface area contributed by atoms with Crippen molar-refractivity contribution in [3.63, 3.8) is 0 Å². The number of carbonyl (C=O) groups excluding carboxylic acids is 1. The molecule has 0 radical (unpaired) electrons. The predicted molar refractivity (Wildman–Crippen MR) is 76.0 cm³/mol. The second-order valence-electron chi connectivity index (χ2n) is 4.43. The maximum absolute atomic E-state index is 12.1. The van der Waals surface area contributed by atoms with Crippen LogP contribution < -0.4 is 10.1 Å². The maximum atomic E-state index is 12.1. The van der Waals surface area contributed by atoms with Crippen LogP contribution in [0.4, 0.5) is 9.80 Å². The van der Waals surface area contributed by atoms with Crippen molar-refractivity contribution in [2.75, 3.05) is 18.4 Å². The Hall–Kier alpha value is -2.15. The van der Waals surface area contributed by atoms with Gasteiger partial charge in [-0.05, 0) is 17.5 Å². The highest BCUT2D eigenvalue weighted by Crippen LogP contribution is 2.19. The van der Waals surface area contributed by atoms with Crippen molar-refractivity contribution in [2.24, 2.45) is 0 Å². The van der Waals surface area contributed by atoms with E-state index in [1.54, 1.807) is 17.2 Å². The molecule has 3 heterocycles. The van der Waals surface area contributed by atoms with Gasteiger partial charge in [0, 0.05) is 25.2 Å². The van der Waals surface area contributed by atoms with E-state index in [9.17, 15) is 4.79 Å². The van der Waals surface area contributed by atoms with Crippen LogP contribution in [0.25, 0.3) is 0 Å². The molecule has 1 aliphatic rings. The van der Waals surface area contributed by atoms with Crippen LogP contribution in [0.15, 0.2) is 36.1 Å². The Morgan fingerprint density at radius 2 is 2.45 bits per heavy atom. The first kappa shape index (κ1) is 12.9. The third-order valence-corrected chi connectivity index (χ3v) is 3.81. The molecule has 2 aromatic heterocycles. The van der Waals surface area contributed by atoms with Gasteiger partial charge in [0.1, 0.15) is 12.4 Å². The van der Waals surface area contributed by atoms with Crippen LogP contribution in [0, 0.1) is 0 Å². The summed E-state index contributed by atoms with van der Waals surface area (Å²) in [5.41, 5.74) is 0. The van der Waals surface area contributed by atoms with E-state index in [0.29, 0.717) is 19.0 Å². The van der Waals surface area contributed by atoms with Gasteiger partial charge in [0.2, 0.25) is 5.88 Å². The van der Waals surface area contributed by atoms with E-state index in [4.69, 9.17) is 4.74 Å². The number of rotatable bonds is 3. The van der Waals surface area contributed by atoms with Crippen molar-refractivity contribution in [2.45, 2.75) is 12.5 Å². The van der Waals surface area contributed by atoms with Gasteiger partial charge in [-0.2, -0.15) is 0 Å². The minimum atomic E-state index is -0.0822. The SMILES string of the molecule is O=C(Nc1cccs1)N1CC[C@@H](Oc2ccncn2)C1. The molecule has 2 aromatic rings. The van der Waals surface area contributed by atoms with Crippen LogP contribution in [0.3, 0.4) is 0 Å². The number of nitrogens with one attached hydrogen (secondary N) is 1. The average Bonchev–Trinajstić information content (AvgIpc) is 3.11. The van der Waals surface area contributed by atoms with Gasteiger partial charge in [-0.1, -0.05) is 0 Å². The Balaban J connectivity index is 1.53. The lowest BCUT2D eigenvalue weighted by atomic mass is 10.3. The highest BCUT2D eigenvalue weighted by atomic mass is 32.1. The zero-order valence-corrected chi connectivity index (χ0v) is 11.5. The Morgan fingerprint density at radius 1 is 1.50 bits per heavy atom. The molecule has 2 amide bonds. The van der Waals surface area contributed by atoms with E-state index < -0.39 is 0 Å². The van der Waals surface area contributed by atoms with E-state index in [1.807, 2.05) is 17.5 Å². The molecule has 0 bridgehead atoms. The summed E-state index contributed by atoms with van der Waals surface area (Å²) >= 11 is 1.51. The molecule has 6 nitrogen and oxygen atoms in total. The van der Waals surface area contributed by atoms with E-state index in [0.717, 1.165) is 11.4 Å². The summed E-state index contributed by atoms with van der Waals surface area (Å²) in [6.07, 6.45) is 3.88. The Morgan fingerprint density at radius 3 is 3.20 bits per heavy atom. The van der Waals surface area contributed by atoms with Crippen molar-refractivity contribution < 1.29 is 9.53 Å². The van der Waals surface area contributed by atoms with E-state index in [-0.39, 0.29) is 12.1 Å². The molecule has 1 N–H and O–H groups in total. The number of ether oxygens (including phenoxy) is 1. The molecule has 3 rings (SSSR count). The van der Waals surface area contributed by atoms with E-state index in [1.165, 1.54) is 17.7 Å². The number of anilines is 1. The van der Waals surface area contributed by atoms with Gasteiger partial charge in [0.25, 0.3) is 0 Å². The van der Waals surface area contributed by atoms with Crippen LogP contribution in [0.5, 0.6) is 5.88 Å². The first-order chi connectivity index (χ1) is 9.81. The second kappa shape index (κ2) is 5.87. The molecule has 1 saturated heterocycles. The van der Waals surface area contributed by atoms with Crippen molar-refractivity contribution in [1.82, 2.24) is 14.9 Å². The number of nitrogens with zero attached hydrogens (tertiary/aromatic N) is 3. The molecule has 20 heavy (non-hydrogen) atoms. The largest absolute Gasteiger partial charge is 0.472 e. The van der Waals surface area contributed by atoms with Crippen molar-refractivity contribution in [3.05, 3.63) is 36.1 Å². The summed E-state index contributed by atoms with van der Waals surface area (Å²) in [5.74, 6) is 0.547. The highest BCUT2D eigenvalue weighted by molar-refractivity contribution is 7.14. The van der Waals surface area contributed by atoms with Crippen molar-refractivity contribution in [3.8, 4) is 5.88 Å². The van der Waals surface area contributed by atoms with Gasteiger partial charge < -0.3 is 9.64 Å². The fourth-order valence-corrected chi connectivity index (χ4v) is 2.67.